The second-order valence-electron chi connectivity index (χ2n) is 10.9. The molecular weight excluding hydrogens is 611 g/mol. The van der Waals surface area contributed by atoms with E-state index in [0.29, 0.717) is 37.3 Å². The van der Waals surface area contributed by atoms with E-state index in [0.717, 1.165) is 24.3 Å². The number of carbonyl (C=O) groups excluding carboxylic acids is 2. The topological polar surface area (TPSA) is 140 Å². The number of sulfone groups is 1. The van der Waals surface area contributed by atoms with Crippen molar-refractivity contribution in [2.45, 2.75) is 68.9 Å². The number of alkyl halides is 3. The van der Waals surface area contributed by atoms with E-state index in [-0.39, 0.29) is 24.3 Å². The Labute approximate surface area is 253 Å². The molecule has 0 bridgehead atoms. The molecule has 3 atom stereocenters. The van der Waals surface area contributed by atoms with Gasteiger partial charge < -0.3 is 26.4 Å². The zero-order valence-corrected chi connectivity index (χ0v) is 25.2. The van der Waals surface area contributed by atoms with Gasteiger partial charge in [0.05, 0.1) is 17.1 Å². The first kappa shape index (κ1) is 35.2. The molecule has 2 aromatic rings. The molecular formula is C29H37F5N4O5S. The van der Waals surface area contributed by atoms with Gasteiger partial charge in [-0.2, -0.15) is 13.2 Å². The molecule has 0 saturated heterocycles. The quantitative estimate of drug-likeness (QED) is 0.171. The first-order valence-corrected chi connectivity index (χ1v) is 15.9. The fraction of sp³-hybridized carbons (Fsp3) is 0.517. The highest BCUT2D eigenvalue weighted by Crippen LogP contribution is 2.46. The third-order valence-electron chi connectivity index (χ3n) is 7.32. The third kappa shape index (κ3) is 10.1. The largest absolute Gasteiger partial charge is 0.458 e. The number of ether oxygens (including phenoxy) is 1. The lowest BCUT2D eigenvalue weighted by molar-refractivity contribution is -0.151. The molecule has 0 spiro atoms. The molecule has 5 N–H and O–H groups in total. The lowest BCUT2D eigenvalue weighted by atomic mass is 9.99. The standard InChI is InChI=1S/C29H37F5N4O5S/c1-3-4-10-44(41,42)17-24(38-27(40)36-2)26(39)43-25(23(35)13-18-11-21(30)15-22(31)12-18)16-37-28(8-9-28)19-6-5-7-20(14-19)29(32,33)34/h5-7,11-12,14-15,23-25,37H,3-4,8-10,13,16-17,35H2,1-2H3,(H2,36,38,40)/t23-,24+,25+/m0/s1. The van der Waals surface area contributed by atoms with Crippen molar-refractivity contribution in [2.75, 3.05) is 25.1 Å². The summed E-state index contributed by atoms with van der Waals surface area (Å²) in [4.78, 5) is 25.4. The molecule has 0 heterocycles. The van der Waals surface area contributed by atoms with Gasteiger partial charge in [-0.05, 0) is 61.1 Å². The van der Waals surface area contributed by atoms with Crippen LogP contribution in [-0.2, 0) is 37.5 Å². The summed E-state index contributed by atoms with van der Waals surface area (Å²) in [5.41, 5.74) is 5.17. The maximum atomic E-state index is 13.9. The maximum Gasteiger partial charge on any atom is 0.416 e. The summed E-state index contributed by atoms with van der Waals surface area (Å²) >= 11 is 0. The molecule has 1 aliphatic carbocycles. The minimum Gasteiger partial charge on any atom is -0.458 e. The van der Waals surface area contributed by atoms with E-state index >= 15 is 0 Å². The highest BCUT2D eigenvalue weighted by atomic mass is 32.2. The van der Waals surface area contributed by atoms with Gasteiger partial charge in [0, 0.05) is 31.2 Å². The number of esters is 1. The average Bonchev–Trinajstić information content (AvgIpc) is 3.73. The minimum atomic E-state index is -4.56. The number of nitrogens with two attached hydrogens (primary N) is 1. The molecule has 3 rings (SSSR count). The molecule has 0 aromatic heterocycles. The molecule has 2 aromatic carbocycles. The lowest BCUT2D eigenvalue weighted by Gasteiger charge is -2.29. The number of rotatable bonds is 15. The van der Waals surface area contributed by atoms with Crippen molar-refractivity contribution in [3.05, 3.63) is 70.8 Å². The highest BCUT2D eigenvalue weighted by molar-refractivity contribution is 7.91. The van der Waals surface area contributed by atoms with Crippen LogP contribution in [0.2, 0.25) is 0 Å². The Kier molecular flexibility index (Phi) is 11.7. The fourth-order valence-corrected chi connectivity index (χ4v) is 6.35. The van der Waals surface area contributed by atoms with E-state index in [1.165, 1.54) is 19.2 Å². The molecule has 9 nitrogen and oxygen atoms in total. The highest BCUT2D eigenvalue weighted by Gasteiger charge is 2.46. The van der Waals surface area contributed by atoms with Crippen molar-refractivity contribution < 1.29 is 44.7 Å². The number of unbranched alkanes of at least 4 members (excludes halogenated alkanes) is 1. The van der Waals surface area contributed by atoms with E-state index in [1.807, 2.05) is 0 Å². The Morgan fingerprint density at radius 1 is 1.09 bits per heavy atom. The Morgan fingerprint density at radius 3 is 2.32 bits per heavy atom. The zero-order chi connectivity index (χ0) is 32.7. The first-order chi connectivity index (χ1) is 20.6. The van der Waals surface area contributed by atoms with Gasteiger partial charge in [0.25, 0.3) is 0 Å². The Bertz CT molecular complexity index is 1400. The average molecular weight is 649 g/mol. The van der Waals surface area contributed by atoms with Gasteiger partial charge in [-0.15, -0.1) is 0 Å². The summed E-state index contributed by atoms with van der Waals surface area (Å²) in [5, 5.41) is 7.65. The predicted octanol–water partition coefficient (Wildman–Crippen LogP) is 3.56. The summed E-state index contributed by atoms with van der Waals surface area (Å²) < 4.78 is 98.7. The van der Waals surface area contributed by atoms with E-state index in [1.54, 1.807) is 6.92 Å². The Hall–Kier alpha value is -3.30. The van der Waals surface area contributed by atoms with Crippen molar-refractivity contribution in [1.82, 2.24) is 16.0 Å². The second-order valence-corrected chi connectivity index (χ2v) is 13.1. The van der Waals surface area contributed by atoms with Gasteiger partial charge in [0.15, 0.2) is 9.84 Å². The summed E-state index contributed by atoms with van der Waals surface area (Å²) in [7, 11) is -2.53. The number of carbonyl (C=O) groups is 2. The zero-order valence-electron chi connectivity index (χ0n) is 24.3. The number of benzene rings is 2. The van der Waals surface area contributed by atoms with Crippen LogP contribution in [0.3, 0.4) is 0 Å². The smallest absolute Gasteiger partial charge is 0.416 e. The molecule has 0 unspecified atom stereocenters. The molecule has 0 radical (unpaired) electrons. The van der Waals surface area contributed by atoms with Crippen LogP contribution in [0.5, 0.6) is 0 Å². The second kappa shape index (κ2) is 14.7. The fourth-order valence-electron chi connectivity index (χ4n) is 4.73. The molecule has 244 valence electrons. The first-order valence-electron chi connectivity index (χ1n) is 14.1. The van der Waals surface area contributed by atoms with Gasteiger partial charge in [-0.25, -0.2) is 26.8 Å². The number of hydrogen-bond acceptors (Lipinski definition) is 7. The van der Waals surface area contributed by atoms with Crippen LogP contribution in [0.4, 0.5) is 26.7 Å². The Balaban J connectivity index is 1.86. The molecule has 15 heteroatoms. The molecule has 1 saturated carbocycles. The van der Waals surface area contributed by atoms with E-state index < -0.39 is 74.7 Å². The van der Waals surface area contributed by atoms with E-state index in [2.05, 4.69) is 16.0 Å². The van der Waals surface area contributed by atoms with Gasteiger partial charge in [0.2, 0.25) is 0 Å². The maximum absolute atomic E-state index is 13.9. The van der Waals surface area contributed by atoms with Gasteiger partial charge >= 0.3 is 18.2 Å². The van der Waals surface area contributed by atoms with Gasteiger partial charge in [-0.1, -0.05) is 25.5 Å². The van der Waals surface area contributed by atoms with Crippen molar-refractivity contribution >= 4 is 21.8 Å². The minimum absolute atomic E-state index is 0.150. The number of urea groups is 1. The van der Waals surface area contributed by atoms with Crippen LogP contribution in [0.25, 0.3) is 0 Å². The van der Waals surface area contributed by atoms with Gasteiger partial charge in [-0.3, -0.25) is 0 Å². The SMILES string of the molecule is CCCCS(=O)(=O)C[C@@H](NC(=O)NC)C(=O)O[C@H](CNC1(c2cccc(C(F)(F)F)c2)CC1)[C@@H](N)Cc1cc(F)cc(F)c1. The molecule has 0 aliphatic heterocycles. The summed E-state index contributed by atoms with van der Waals surface area (Å²) in [6.45, 7) is 1.59. The monoisotopic (exact) mass is 648 g/mol. The van der Waals surface area contributed by atoms with Crippen molar-refractivity contribution in [2.24, 2.45) is 5.73 Å². The normalized spacial score (nSPS) is 16.5. The van der Waals surface area contributed by atoms with Crippen LogP contribution in [-0.4, -0.2) is 63.7 Å². The van der Waals surface area contributed by atoms with Crippen LogP contribution >= 0.6 is 0 Å². The van der Waals surface area contributed by atoms with Crippen LogP contribution < -0.4 is 21.7 Å². The Morgan fingerprint density at radius 2 is 1.75 bits per heavy atom. The number of nitrogens with one attached hydrogen (secondary N) is 3. The molecule has 44 heavy (non-hydrogen) atoms. The van der Waals surface area contributed by atoms with Crippen LogP contribution in [0.1, 0.15) is 49.3 Å². The number of amides is 2. The van der Waals surface area contributed by atoms with Crippen LogP contribution in [0.15, 0.2) is 42.5 Å². The summed E-state index contributed by atoms with van der Waals surface area (Å²) in [6, 6.07) is 4.03. The predicted molar refractivity (Wildman–Crippen MR) is 153 cm³/mol. The lowest BCUT2D eigenvalue weighted by Crippen LogP contribution is -2.53. The van der Waals surface area contributed by atoms with Crippen molar-refractivity contribution in [3.8, 4) is 0 Å². The van der Waals surface area contributed by atoms with E-state index in [4.69, 9.17) is 10.5 Å². The number of halogens is 5. The molecule has 2 amide bonds. The van der Waals surface area contributed by atoms with E-state index in [9.17, 15) is 40.0 Å². The number of hydrogen-bond donors (Lipinski definition) is 4. The summed E-state index contributed by atoms with van der Waals surface area (Å²) in [5.74, 6) is -3.80. The third-order valence-corrected chi connectivity index (χ3v) is 9.07. The summed E-state index contributed by atoms with van der Waals surface area (Å²) in [6.07, 6.45) is -4.13. The van der Waals surface area contributed by atoms with Crippen LogP contribution in [0, 0.1) is 11.6 Å². The van der Waals surface area contributed by atoms with Crippen molar-refractivity contribution in [3.63, 3.8) is 0 Å². The van der Waals surface area contributed by atoms with Crippen molar-refractivity contribution in [1.29, 1.82) is 0 Å². The molecule has 1 aliphatic rings. The molecule has 1 fully saturated rings. The van der Waals surface area contributed by atoms with Gasteiger partial charge in [0.1, 0.15) is 23.8 Å².